The Labute approximate surface area is 158 Å². The van der Waals surface area contributed by atoms with Crippen molar-refractivity contribution in [3.8, 4) is 0 Å². The number of benzene rings is 2. The molecule has 1 N–H and O–H groups in total. The van der Waals surface area contributed by atoms with Gasteiger partial charge in [0.2, 0.25) is 0 Å². The fourth-order valence-corrected chi connectivity index (χ4v) is 2.64. The van der Waals surface area contributed by atoms with E-state index in [9.17, 15) is 22.4 Å². The zero-order valence-electron chi connectivity index (χ0n) is 13.6. The molecule has 0 radical (unpaired) electrons. The maximum Gasteiger partial charge on any atom is 0.277 e. The van der Waals surface area contributed by atoms with Crippen LogP contribution in [0.2, 0.25) is 0 Å². The monoisotopic (exact) mass is 443 g/mol. The van der Waals surface area contributed by atoms with Gasteiger partial charge in [-0.05, 0) is 35.0 Å². The summed E-state index contributed by atoms with van der Waals surface area (Å²) in [6.07, 6.45) is 0. The number of carbonyl (C=O) groups excluding carboxylic acids is 1. The van der Waals surface area contributed by atoms with Gasteiger partial charge in [0.1, 0.15) is 11.1 Å². The lowest BCUT2D eigenvalue weighted by atomic mass is 10.1. The lowest BCUT2D eigenvalue weighted by Gasteiger charge is -2.08. The summed E-state index contributed by atoms with van der Waals surface area (Å²) in [5.41, 5.74) is 2.14. The van der Waals surface area contributed by atoms with E-state index >= 15 is 0 Å². The van der Waals surface area contributed by atoms with E-state index in [-0.39, 0.29) is 6.54 Å². The van der Waals surface area contributed by atoms with Gasteiger partial charge in [-0.2, -0.15) is 5.10 Å². The van der Waals surface area contributed by atoms with Gasteiger partial charge >= 0.3 is 0 Å². The van der Waals surface area contributed by atoms with Gasteiger partial charge in [-0.15, -0.1) is 5.10 Å². The summed E-state index contributed by atoms with van der Waals surface area (Å²) in [6.45, 7) is 1.64. The van der Waals surface area contributed by atoms with E-state index in [1.165, 1.54) is 11.6 Å². The summed E-state index contributed by atoms with van der Waals surface area (Å²) < 4.78 is 55.2. The number of hydrazone groups is 1. The predicted octanol–water partition coefficient (Wildman–Crippen LogP) is 3.56. The minimum absolute atomic E-state index is 0.120. The van der Waals surface area contributed by atoms with Gasteiger partial charge < -0.3 is 0 Å². The van der Waals surface area contributed by atoms with Crippen LogP contribution in [0.1, 0.15) is 17.3 Å². The maximum atomic E-state index is 13.8. The quantitative estimate of drug-likeness (QED) is 0.220. The van der Waals surface area contributed by atoms with Crippen molar-refractivity contribution in [1.82, 2.24) is 20.4 Å². The highest BCUT2D eigenvalue weighted by Gasteiger charge is 2.28. The standard InChI is InChI=1S/C16H10BrF4N5O/c1-7(6-26-9-5-3-2-4-8(9)23-25-26)22-24-16(27)10-12(18)14(20)11(17)15(21)13(10)19/h2-5H,6H2,1H3,(H,24,27)/b22-7+. The zero-order chi connectivity index (χ0) is 19.7. The van der Waals surface area contributed by atoms with Crippen molar-refractivity contribution >= 4 is 38.6 Å². The molecular formula is C16H10BrF4N5O. The van der Waals surface area contributed by atoms with Gasteiger partial charge in [0.25, 0.3) is 5.91 Å². The molecule has 0 atom stereocenters. The number of nitrogens with zero attached hydrogens (tertiary/aromatic N) is 4. The van der Waals surface area contributed by atoms with Crippen LogP contribution in [0, 0.1) is 23.3 Å². The van der Waals surface area contributed by atoms with Crippen molar-refractivity contribution in [3.05, 3.63) is 57.6 Å². The van der Waals surface area contributed by atoms with Crippen LogP contribution in [0.15, 0.2) is 33.8 Å². The second-order valence-corrected chi connectivity index (χ2v) is 6.26. The summed E-state index contributed by atoms with van der Waals surface area (Å²) in [5, 5.41) is 11.6. The third kappa shape index (κ3) is 3.54. The van der Waals surface area contributed by atoms with E-state index in [1.54, 1.807) is 24.3 Å². The minimum Gasteiger partial charge on any atom is -0.267 e. The smallest absolute Gasteiger partial charge is 0.267 e. The molecule has 0 saturated heterocycles. The van der Waals surface area contributed by atoms with Crippen LogP contribution < -0.4 is 5.43 Å². The average Bonchev–Trinajstić information content (AvgIpc) is 3.06. The third-order valence-corrected chi connectivity index (χ3v) is 4.28. The Kier molecular flexibility index (Phi) is 5.22. The molecule has 6 nitrogen and oxygen atoms in total. The number of amides is 1. The summed E-state index contributed by atoms with van der Waals surface area (Å²) in [7, 11) is 0. The van der Waals surface area contributed by atoms with Crippen molar-refractivity contribution < 1.29 is 22.4 Å². The van der Waals surface area contributed by atoms with E-state index in [1.807, 2.05) is 5.43 Å². The first-order valence-electron chi connectivity index (χ1n) is 7.44. The van der Waals surface area contributed by atoms with E-state index in [0.29, 0.717) is 16.7 Å². The number of para-hydroxylation sites is 1. The van der Waals surface area contributed by atoms with Gasteiger partial charge in [-0.3, -0.25) is 4.79 Å². The molecule has 0 unspecified atom stereocenters. The first-order chi connectivity index (χ1) is 12.8. The third-order valence-electron chi connectivity index (χ3n) is 3.58. The number of carbonyl (C=O) groups is 1. The molecule has 3 aromatic rings. The van der Waals surface area contributed by atoms with Crippen LogP contribution in [0.5, 0.6) is 0 Å². The maximum absolute atomic E-state index is 13.8. The van der Waals surface area contributed by atoms with Crippen LogP contribution in [-0.2, 0) is 6.54 Å². The Morgan fingerprint density at radius 1 is 1.15 bits per heavy atom. The lowest BCUT2D eigenvalue weighted by molar-refractivity contribution is 0.0943. The highest BCUT2D eigenvalue weighted by molar-refractivity contribution is 9.10. The van der Waals surface area contributed by atoms with Crippen molar-refractivity contribution in [1.29, 1.82) is 0 Å². The van der Waals surface area contributed by atoms with Crippen molar-refractivity contribution in [3.63, 3.8) is 0 Å². The largest absolute Gasteiger partial charge is 0.277 e. The molecule has 11 heteroatoms. The van der Waals surface area contributed by atoms with Crippen LogP contribution in [0.3, 0.4) is 0 Å². The van der Waals surface area contributed by atoms with E-state index in [2.05, 4.69) is 31.3 Å². The first kappa shape index (κ1) is 19.0. The molecule has 27 heavy (non-hydrogen) atoms. The highest BCUT2D eigenvalue weighted by Crippen LogP contribution is 2.28. The van der Waals surface area contributed by atoms with Crippen molar-refractivity contribution in [2.45, 2.75) is 13.5 Å². The molecule has 2 aromatic carbocycles. The topological polar surface area (TPSA) is 72.2 Å². The molecule has 1 aromatic heterocycles. The van der Waals surface area contributed by atoms with Crippen LogP contribution in [0.4, 0.5) is 17.6 Å². The summed E-state index contributed by atoms with van der Waals surface area (Å²) in [6, 6.07) is 7.12. The Bertz CT molecular complexity index is 1050. The number of aromatic nitrogens is 3. The van der Waals surface area contributed by atoms with E-state index in [4.69, 9.17) is 0 Å². The zero-order valence-corrected chi connectivity index (χ0v) is 15.2. The van der Waals surface area contributed by atoms with Gasteiger partial charge in [-0.25, -0.2) is 27.7 Å². The van der Waals surface area contributed by atoms with E-state index in [0.717, 1.165) is 0 Å². The minimum atomic E-state index is -1.83. The van der Waals surface area contributed by atoms with Gasteiger partial charge in [0.05, 0.1) is 22.2 Å². The molecule has 0 aliphatic rings. The molecule has 3 rings (SSSR count). The SMILES string of the molecule is C/C(Cn1nnc2ccccc21)=N\NC(=O)c1c(F)c(F)c(Br)c(F)c1F. The Morgan fingerprint density at radius 2 is 1.78 bits per heavy atom. The van der Waals surface area contributed by atoms with Gasteiger partial charge in [0, 0.05) is 0 Å². The number of rotatable bonds is 4. The number of halogens is 5. The fraction of sp³-hybridized carbons (Fsp3) is 0.125. The Balaban J connectivity index is 1.81. The molecular weight excluding hydrogens is 434 g/mol. The van der Waals surface area contributed by atoms with E-state index < -0.39 is 39.2 Å². The molecule has 0 spiro atoms. The molecule has 0 aliphatic carbocycles. The van der Waals surface area contributed by atoms with Gasteiger partial charge in [-0.1, -0.05) is 17.3 Å². The molecule has 140 valence electrons. The summed E-state index contributed by atoms with van der Waals surface area (Å²) in [5.74, 6) is -8.51. The molecule has 0 bridgehead atoms. The van der Waals surface area contributed by atoms with Gasteiger partial charge in [0.15, 0.2) is 23.3 Å². The number of hydrogen-bond acceptors (Lipinski definition) is 4. The fourth-order valence-electron chi connectivity index (χ4n) is 2.29. The number of nitrogens with one attached hydrogen (secondary N) is 1. The van der Waals surface area contributed by atoms with Crippen LogP contribution in [0.25, 0.3) is 11.0 Å². The summed E-state index contributed by atoms with van der Waals surface area (Å²) in [4.78, 5) is 11.9. The number of fused-ring (bicyclic) bond motifs is 1. The number of hydrogen-bond donors (Lipinski definition) is 1. The van der Waals surface area contributed by atoms with Crippen molar-refractivity contribution in [2.24, 2.45) is 5.10 Å². The van der Waals surface area contributed by atoms with Crippen LogP contribution in [-0.4, -0.2) is 26.6 Å². The normalized spacial score (nSPS) is 11.9. The average molecular weight is 444 g/mol. The first-order valence-corrected chi connectivity index (χ1v) is 8.23. The Morgan fingerprint density at radius 3 is 2.44 bits per heavy atom. The second kappa shape index (κ2) is 7.43. The molecule has 0 aliphatic heterocycles. The second-order valence-electron chi connectivity index (χ2n) is 5.47. The molecule has 0 saturated carbocycles. The highest BCUT2D eigenvalue weighted by atomic mass is 79.9. The molecule has 0 fully saturated rings. The van der Waals surface area contributed by atoms with Crippen molar-refractivity contribution in [2.75, 3.05) is 0 Å². The van der Waals surface area contributed by atoms with Crippen LogP contribution >= 0.6 is 15.9 Å². The Hall–Kier alpha value is -2.82. The molecule has 1 heterocycles. The molecule has 1 amide bonds. The summed E-state index contributed by atoms with van der Waals surface area (Å²) >= 11 is 2.37. The lowest BCUT2D eigenvalue weighted by Crippen LogP contribution is -2.24. The predicted molar refractivity (Wildman–Crippen MR) is 92.1 cm³/mol.